The van der Waals surface area contributed by atoms with Crippen LogP contribution in [0.25, 0.3) is 5.57 Å². The van der Waals surface area contributed by atoms with Crippen LogP contribution in [0.3, 0.4) is 0 Å². The lowest BCUT2D eigenvalue weighted by Gasteiger charge is -2.15. The van der Waals surface area contributed by atoms with Crippen LogP contribution in [-0.4, -0.2) is 47.2 Å². The van der Waals surface area contributed by atoms with Crippen molar-refractivity contribution in [2.75, 3.05) is 11.1 Å². The number of Topliss-reactive ketones (excluding diaryl/α,β-unsaturated/α-hetero) is 1. The lowest BCUT2D eigenvalue weighted by molar-refractivity contribution is -0.134. The van der Waals surface area contributed by atoms with E-state index in [4.69, 9.17) is 5.11 Å². The number of aromatic nitrogens is 1. The number of aliphatic carboxylic acids is 1. The van der Waals surface area contributed by atoms with Crippen molar-refractivity contribution >= 4 is 61.3 Å². The molecule has 3 fully saturated rings. The second-order valence-corrected chi connectivity index (χ2v) is 14.0. The summed E-state index contributed by atoms with van der Waals surface area (Å²) >= 11 is 2.32. The highest BCUT2D eigenvalue weighted by atomic mass is 32.2. The molecule has 3 saturated carbocycles. The molecule has 3 aliphatic carbocycles. The molecule has 190 valence electrons. The molecule has 1 amide bonds. The number of nitrogens with zero attached hydrogens (tertiary/aromatic N) is 1. The lowest BCUT2D eigenvalue weighted by atomic mass is 9.96. The number of sulfone groups is 1. The lowest BCUT2D eigenvalue weighted by Crippen LogP contribution is -2.15. The molecule has 1 aromatic heterocycles. The van der Waals surface area contributed by atoms with E-state index in [-0.39, 0.29) is 28.6 Å². The highest BCUT2D eigenvalue weighted by molar-refractivity contribution is 8.01. The standard InChI is InChI=1S/C25H26N2O6S3/c28-17-5-1-14(9-17)10-20(24(31)27-25-26-12-23(35-25)34-13-22(29)30)16-4-8-21(19(11-16)15-2-3-15)36(32,33)18-6-7-18/h4,8,10-12,14-15,18H,1-3,5-7,9,13H2,(H,29,30)(H,26,27,31)/t14-/m0/s1. The Balaban J connectivity index is 1.45. The fraction of sp³-hybridized carbons (Fsp3) is 0.440. The molecule has 0 spiro atoms. The summed E-state index contributed by atoms with van der Waals surface area (Å²) in [6.45, 7) is 0. The molecular weight excluding hydrogens is 520 g/mol. The SMILES string of the molecule is O=C(O)CSc1cnc(NC(=O)C(=C[C@H]2CCC(=O)C2)c2ccc(S(=O)(=O)C3CC3)c(C3CC3)c2)s1. The van der Waals surface area contributed by atoms with Crippen LogP contribution < -0.4 is 5.32 Å². The number of allylic oxidation sites excluding steroid dienone is 1. The Labute approximate surface area is 217 Å². The van der Waals surface area contributed by atoms with Crippen molar-refractivity contribution in [2.24, 2.45) is 5.92 Å². The number of benzene rings is 1. The molecule has 1 heterocycles. The number of thioether (sulfide) groups is 1. The maximum atomic E-state index is 13.4. The quantitative estimate of drug-likeness (QED) is 0.328. The van der Waals surface area contributed by atoms with Crippen molar-refractivity contribution < 1.29 is 27.9 Å². The first-order valence-corrected chi connectivity index (χ1v) is 15.3. The zero-order chi connectivity index (χ0) is 25.4. The summed E-state index contributed by atoms with van der Waals surface area (Å²) in [4.78, 5) is 40.7. The van der Waals surface area contributed by atoms with Crippen molar-refractivity contribution in [3.05, 3.63) is 41.6 Å². The second-order valence-electron chi connectivity index (χ2n) is 9.51. The largest absolute Gasteiger partial charge is 0.481 e. The Kier molecular flexibility index (Phi) is 7.06. The van der Waals surface area contributed by atoms with E-state index in [1.165, 1.54) is 17.5 Å². The van der Waals surface area contributed by atoms with E-state index in [2.05, 4.69) is 10.3 Å². The average molecular weight is 547 g/mol. The first-order chi connectivity index (χ1) is 17.2. The number of amides is 1. The number of thiazole rings is 1. The molecule has 3 aliphatic rings. The molecule has 0 aliphatic heterocycles. The van der Waals surface area contributed by atoms with E-state index < -0.39 is 21.7 Å². The molecular formula is C25H26N2O6S3. The van der Waals surface area contributed by atoms with Gasteiger partial charge in [-0.15, -0.1) is 11.8 Å². The van der Waals surface area contributed by atoms with Gasteiger partial charge in [0.25, 0.3) is 5.91 Å². The van der Waals surface area contributed by atoms with Gasteiger partial charge in [-0.25, -0.2) is 13.4 Å². The van der Waals surface area contributed by atoms with Crippen LogP contribution in [0.5, 0.6) is 0 Å². The fourth-order valence-corrected chi connectivity index (χ4v) is 7.97. The van der Waals surface area contributed by atoms with E-state index >= 15 is 0 Å². The van der Waals surface area contributed by atoms with E-state index in [0.717, 1.165) is 30.2 Å². The van der Waals surface area contributed by atoms with Gasteiger partial charge in [-0.1, -0.05) is 23.5 Å². The van der Waals surface area contributed by atoms with Crippen molar-refractivity contribution in [3.8, 4) is 0 Å². The van der Waals surface area contributed by atoms with Gasteiger partial charge in [0.2, 0.25) is 0 Å². The highest BCUT2D eigenvalue weighted by Crippen LogP contribution is 2.46. The molecule has 0 radical (unpaired) electrons. The normalized spacial score (nSPS) is 20.5. The first kappa shape index (κ1) is 25.2. The van der Waals surface area contributed by atoms with Gasteiger partial charge in [0, 0.05) is 18.4 Å². The topological polar surface area (TPSA) is 130 Å². The first-order valence-electron chi connectivity index (χ1n) is 11.9. The van der Waals surface area contributed by atoms with E-state index in [0.29, 0.717) is 57.5 Å². The predicted octanol–water partition coefficient (Wildman–Crippen LogP) is 4.52. The number of rotatable bonds is 10. The van der Waals surface area contributed by atoms with Crippen molar-refractivity contribution in [1.29, 1.82) is 0 Å². The number of anilines is 1. The Morgan fingerprint density at radius 2 is 1.97 bits per heavy atom. The minimum atomic E-state index is -3.37. The molecule has 0 unspecified atom stereocenters. The Bertz CT molecular complexity index is 1360. The summed E-state index contributed by atoms with van der Waals surface area (Å²) in [6.07, 6.45) is 8.13. The van der Waals surface area contributed by atoms with Gasteiger partial charge in [0.05, 0.1) is 26.3 Å². The highest BCUT2D eigenvalue weighted by Gasteiger charge is 2.40. The molecule has 1 aromatic carbocycles. The summed E-state index contributed by atoms with van der Waals surface area (Å²) in [6, 6.07) is 5.17. The maximum absolute atomic E-state index is 13.4. The number of ketones is 1. The Morgan fingerprint density at radius 1 is 1.19 bits per heavy atom. The summed E-state index contributed by atoms with van der Waals surface area (Å²) in [7, 11) is -3.37. The zero-order valence-corrected chi connectivity index (χ0v) is 21.9. The van der Waals surface area contributed by atoms with E-state index in [1.54, 1.807) is 12.1 Å². The molecule has 1 atom stereocenters. The van der Waals surface area contributed by atoms with Crippen molar-refractivity contribution in [2.45, 2.75) is 65.2 Å². The summed E-state index contributed by atoms with van der Waals surface area (Å²) in [5, 5.41) is 11.7. The van der Waals surface area contributed by atoms with Crippen LogP contribution in [0.1, 0.15) is 62.0 Å². The van der Waals surface area contributed by atoms with E-state index in [9.17, 15) is 22.8 Å². The average Bonchev–Trinajstić information content (AvgIpc) is 3.77. The van der Waals surface area contributed by atoms with Gasteiger partial charge < -0.3 is 5.11 Å². The number of carboxylic acids is 1. The second kappa shape index (κ2) is 10.1. The molecule has 0 bridgehead atoms. The minimum absolute atomic E-state index is 0.0597. The monoisotopic (exact) mass is 546 g/mol. The van der Waals surface area contributed by atoms with Crippen LogP contribution in [0.2, 0.25) is 0 Å². The van der Waals surface area contributed by atoms with Crippen LogP contribution in [-0.2, 0) is 24.2 Å². The molecule has 0 saturated heterocycles. The van der Waals surface area contributed by atoms with Gasteiger partial charge in [0.15, 0.2) is 15.0 Å². The third-order valence-electron chi connectivity index (χ3n) is 6.58. The number of carboxylic acid groups (broad SMARTS) is 1. The van der Waals surface area contributed by atoms with Gasteiger partial charge in [-0.2, -0.15) is 0 Å². The Hall–Kier alpha value is -2.50. The number of carbonyl (C=O) groups is 3. The van der Waals surface area contributed by atoms with Crippen molar-refractivity contribution in [3.63, 3.8) is 0 Å². The van der Waals surface area contributed by atoms with E-state index in [1.807, 2.05) is 12.1 Å². The van der Waals surface area contributed by atoms with Gasteiger partial charge in [-0.05, 0) is 67.2 Å². The summed E-state index contributed by atoms with van der Waals surface area (Å²) < 4.78 is 26.7. The molecule has 11 heteroatoms. The van der Waals surface area contributed by atoms with Gasteiger partial charge in [0.1, 0.15) is 5.78 Å². The minimum Gasteiger partial charge on any atom is -0.481 e. The predicted molar refractivity (Wildman–Crippen MR) is 138 cm³/mol. The van der Waals surface area contributed by atoms with Crippen LogP contribution in [0, 0.1) is 5.92 Å². The van der Waals surface area contributed by atoms with Crippen molar-refractivity contribution in [1.82, 2.24) is 4.98 Å². The smallest absolute Gasteiger partial charge is 0.313 e. The molecule has 5 rings (SSSR count). The zero-order valence-electron chi connectivity index (χ0n) is 19.4. The maximum Gasteiger partial charge on any atom is 0.313 e. The van der Waals surface area contributed by atoms with Gasteiger partial charge in [-0.3, -0.25) is 19.7 Å². The number of hydrogen-bond donors (Lipinski definition) is 2. The Morgan fingerprint density at radius 3 is 2.61 bits per heavy atom. The van der Waals surface area contributed by atoms with Crippen LogP contribution >= 0.6 is 23.1 Å². The third-order valence-corrected chi connectivity index (χ3v) is 11.0. The fourth-order valence-electron chi connectivity index (χ4n) is 4.45. The van der Waals surface area contributed by atoms with Crippen LogP contribution in [0.4, 0.5) is 5.13 Å². The third kappa shape index (κ3) is 5.73. The number of nitrogens with one attached hydrogen (secondary N) is 1. The van der Waals surface area contributed by atoms with Crippen LogP contribution in [0.15, 0.2) is 39.6 Å². The molecule has 2 N–H and O–H groups in total. The summed E-state index contributed by atoms with van der Waals surface area (Å²) in [5.74, 6) is -1.14. The number of carbonyl (C=O) groups excluding carboxylic acids is 2. The molecule has 8 nitrogen and oxygen atoms in total. The summed E-state index contributed by atoms with van der Waals surface area (Å²) in [5.41, 5.74) is 1.80. The molecule has 2 aromatic rings. The number of hydrogen-bond acceptors (Lipinski definition) is 8. The molecule has 36 heavy (non-hydrogen) atoms. The van der Waals surface area contributed by atoms with Gasteiger partial charge >= 0.3 is 5.97 Å².